The summed E-state index contributed by atoms with van der Waals surface area (Å²) < 4.78 is 0. The molecular formula is C8H11NaO2. The molecule has 0 saturated carbocycles. The number of carboxylic acids is 1. The van der Waals surface area contributed by atoms with Crippen LogP contribution in [0, 0.1) is 5.92 Å². The third-order valence-electron chi connectivity index (χ3n) is 1.24. The van der Waals surface area contributed by atoms with E-state index in [2.05, 4.69) is 13.2 Å². The molecule has 0 radical (unpaired) electrons. The molecule has 11 heavy (non-hydrogen) atoms. The van der Waals surface area contributed by atoms with Crippen LogP contribution in [0.3, 0.4) is 0 Å². The molecule has 0 N–H and O–H groups in total. The first-order valence-electron chi connectivity index (χ1n) is 3.15. The van der Waals surface area contributed by atoms with Crippen LogP contribution < -0.4 is 34.7 Å². The van der Waals surface area contributed by atoms with E-state index in [4.69, 9.17) is 0 Å². The normalized spacial score (nSPS) is 8.45. The van der Waals surface area contributed by atoms with E-state index in [-0.39, 0.29) is 29.6 Å². The summed E-state index contributed by atoms with van der Waals surface area (Å²) in [6.07, 6.45) is 4.05. The van der Waals surface area contributed by atoms with Crippen LogP contribution in [0.2, 0.25) is 0 Å². The summed E-state index contributed by atoms with van der Waals surface area (Å²) in [7, 11) is 0. The zero-order valence-electron chi connectivity index (χ0n) is 6.88. The Kier molecular flexibility index (Phi) is 9.90. The number of allylic oxidation sites excluding steroid dienone is 2. The molecule has 56 valence electrons. The van der Waals surface area contributed by atoms with Crippen molar-refractivity contribution in [3.63, 3.8) is 0 Å². The maximum absolute atomic E-state index is 10.3. The van der Waals surface area contributed by atoms with Gasteiger partial charge in [-0.05, 0) is 12.8 Å². The van der Waals surface area contributed by atoms with Gasteiger partial charge in [0.2, 0.25) is 0 Å². The average Bonchev–Trinajstić information content (AvgIpc) is 1.87. The van der Waals surface area contributed by atoms with Crippen molar-refractivity contribution in [3.05, 3.63) is 25.3 Å². The number of hydrogen-bond donors (Lipinski definition) is 0. The predicted molar refractivity (Wildman–Crippen MR) is 38.1 cm³/mol. The van der Waals surface area contributed by atoms with Crippen LogP contribution in [0.4, 0.5) is 0 Å². The zero-order valence-corrected chi connectivity index (χ0v) is 8.88. The van der Waals surface area contributed by atoms with Crippen molar-refractivity contribution in [2.75, 3.05) is 0 Å². The first kappa shape index (κ1) is 13.5. The summed E-state index contributed by atoms with van der Waals surface area (Å²) in [4.78, 5) is 10.3. The van der Waals surface area contributed by atoms with Gasteiger partial charge < -0.3 is 9.90 Å². The second kappa shape index (κ2) is 8.05. The van der Waals surface area contributed by atoms with Gasteiger partial charge in [-0.25, -0.2) is 0 Å². The maximum Gasteiger partial charge on any atom is 1.00 e. The Balaban J connectivity index is 0. The summed E-state index contributed by atoms with van der Waals surface area (Å²) >= 11 is 0. The largest absolute Gasteiger partial charge is 1.00 e. The van der Waals surface area contributed by atoms with Gasteiger partial charge in [-0.2, -0.15) is 0 Å². The summed E-state index contributed by atoms with van der Waals surface area (Å²) in [5, 5.41) is 10.3. The van der Waals surface area contributed by atoms with Crippen molar-refractivity contribution in [1.29, 1.82) is 0 Å². The zero-order chi connectivity index (χ0) is 7.98. The molecule has 0 spiro atoms. The molecule has 0 aliphatic carbocycles. The van der Waals surface area contributed by atoms with Crippen LogP contribution in [0.15, 0.2) is 25.3 Å². The van der Waals surface area contributed by atoms with E-state index < -0.39 is 11.9 Å². The first-order valence-corrected chi connectivity index (χ1v) is 3.15. The van der Waals surface area contributed by atoms with Crippen LogP contribution in [0.25, 0.3) is 0 Å². The van der Waals surface area contributed by atoms with Crippen LogP contribution in [-0.4, -0.2) is 5.97 Å². The quantitative estimate of drug-likeness (QED) is 0.331. The number of carbonyl (C=O) groups excluding carboxylic acids is 1. The molecule has 0 atom stereocenters. The van der Waals surface area contributed by atoms with E-state index in [9.17, 15) is 9.90 Å². The van der Waals surface area contributed by atoms with Gasteiger partial charge in [-0.15, -0.1) is 13.2 Å². The SMILES string of the molecule is C=CCC(CC=C)C(=O)[O-].[Na+]. The Morgan fingerprint density at radius 3 is 1.91 bits per heavy atom. The molecule has 0 aliphatic heterocycles. The van der Waals surface area contributed by atoms with Gasteiger partial charge in [0, 0.05) is 11.9 Å². The summed E-state index contributed by atoms with van der Waals surface area (Å²) in [6.45, 7) is 6.88. The minimum absolute atomic E-state index is 0. The van der Waals surface area contributed by atoms with Crippen molar-refractivity contribution < 1.29 is 39.5 Å². The van der Waals surface area contributed by atoms with Gasteiger partial charge in [0.25, 0.3) is 0 Å². The third kappa shape index (κ3) is 6.35. The third-order valence-corrected chi connectivity index (χ3v) is 1.24. The fourth-order valence-electron chi connectivity index (χ4n) is 0.691. The molecule has 0 heterocycles. The summed E-state index contributed by atoms with van der Waals surface area (Å²) in [5.74, 6) is -1.48. The van der Waals surface area contributed by atoms with Crippen LogP contribution in [0.1, 0.15) is 12.8 Å². The van der Waals surface area contributed by atoms with Gasteiger partial charge in [0.05, 0.1) is 0 Å². The Hall–Kier alpha value is -0.0500. The van der Waals surface area contributed by atoms with Gasteiger partial charge in [0.15, 0.2) is 0 Å². The average molecular weight is 162 g/mol. The molecule has 3 heteroatoms. The van der Waals surface area contributed by atoms with Gasteiger partial charge >= 0.3 is 29.6 Å². The molecule has 0 bridgehead atoms. The minimum Gasteiger partial charge on any atom is -0.550 e. The maximum atomic E-state index is 10.3. The molecule has 0 aromatic carbocycles. The van der Waals surface area contributed by atoms with Crippen LogP contribution in [0.5, 0.6) is 0 Å². The van der Waals surface area contributed by atoms with E-state index in [1.54, 1.807) is 12.2 Å². The van der Waals surface area contributed by atoms with E-state index in [0.29, 0.717) is 12.8 Å². The number of carboxylic acid groups (broad SMARTS) is 1. The summed E-state index contributed by atoms with van der Waals surface area (Å²) in [6, 6.07) is 0. The number of aliphatic carboxylic acids is 1. The Labute approximate surface area is 89.3 Å². The molecule has 0 aromatic rings. The molecule has 0 aliphatic rings. The van der Waals surface area contributed by atoms with E-state index >= 15 is 0 Å². The smallest absolute Gasteiger partial charge is 0.550 e. The molecule has 0 fully saturated rings. The van der Waals surface area contributed by atoms with Crippen molar-refractivity contribution in [1.82, 2.24) is 0 Å². The molecule has 0 rings (SSSR count). The second-order valence-electron chi connectivity index (χ2n) is 2.06. The Bertz CT molecular complexity index is 133. The topological polar surface area (TPSA) is 40.1 Å². The molecule has 0 unspecified atom stereocenters. The predicted octanol–water partition coefficient (Wildman–Crippen LogP) is -2.49. The van der Waals surface area contributed by atoms with E-state index in [1.165, 1.54) is 0 Å². The van der Waals surface area contributed by atoms with Crippen molar-refractivity contribution >= 4 is 5.97 Å². The fraction of sp³-hybridized carbons (Fsp3) is 0.375. The fourth-order valence-corrected chi connectivity index (χ4v) is 0.691. The Morgan fingerprint density at radius 1 is 1.36 bits per heavy atom. The molecule has 0 amide bonds. The summed E-state index contributed by atoms with van der Waals surface area (Å²) in [5.41, 5.74) is 0. The number of rotatable bonds is 5. The van der Waals surface area contributed by atoms with Crippen LogP contribution in [-0.2, 0) is 4.79 Å². The molecule has 2 nitrogen and oxygen atoms in total. The molecular weight excluding hydrogens is 151 g/mol. The second-order valence-corrected chi connectivity index (χ2v) is 2.06. The van der Waals surface area contributed by atoms with Crippen molar-refractivity contribution in [2.24, 2.45) is 5.92 Å². The number of hydrogen-bond acceptors (Lipinski definition) is 2. The van der Waals surface area contributed by atoms with Gasteiger partial charge in [-0.3, -0.25) is 0 Å². The molecule has 0 aromatic heterocycles. The van der Waals surface area contributed by atoms with E-state index in [0.717, 1.165) is 0 Å². The number of carbonyl (C=O) groups is 1. The first-order chi connectivity index (χ1) is 4.72. The van der Waals surface area contributed by atoms with Gasteiger partial charge in [0.1, 0.15) is 0 Å². The van der Waals surface area contributed by atoms with Crippen molar-refractivity contribution in [3.8, 4) is 0 Å². The van der Waals surface area contributed by atoms with Crippen LogP contribution >= 0.6 is 0 Å². The standard InChI is InChI=1S/C8H12O2.Na/c1-3-5-7(6-4-2)8(9)10;/h3-4,7H,1-2,5-6H2,(H,9,10);/q;+1/p-1. The molecule has 0 saturated heterocycles. The monoisotopic (exact) mass is 162 g/mol. The van der Waals surface area contributed by atoms with E-state index in [1.807, 2.05) is 0 Å². The minimum atomic E-state index is -1.03. The Morgan fingerprint density at radius 2 is 1.73 bits per heavy atom. The van der Waals surface area contributed by atoms with Gasteiger partial charge in [-0.1, -0.05) is 12.2 Å². The van der Waals surface area contributed by atoms with Crippen molar-refractivity contribution in [2.45, 2.75) is 12.8 Å².